The first-order valence-corrected chi connectivity index (χ1v) is 23.8. The van der Waals surface area contributed by atoms with Gasteiger partial charge in [-0.15, -0.1) is 0 Å². The van der Waals surface area contributed by atoms with Crippen LogP contribution in [-0.2, 0) is 1.41 Å². The fourth-order valence-electron chi connectivity index (χ4n) is 2.55. The van der Waals surface area contributed by atoms with Gasteiger partial charge in [-0.2, -0.15) is 0 Å². The Kier molecular flexibility index (Phi) is 15.8. The third-order valence-electron chi connectivity index (χ3n) is 3.94. The van der Waals surface area contributed by atoms with Gasteiger partial charge in [0.2, 0.25) is 0 Å². The molecule has 0 rings (SSSR count). The Morgan fingerprint density at radius 3 is 1.50 bits per heavy atom. The average molecular weight is 518 g/mol. The first kappa shape index (κ1) is 21.8. The summed E-state index contributed by atoms with van der Waals surface area (Å²) >= 11 is -4.47. The first-order valence-electron chi connectivity index (χ1n) is 8.98. The van der Waals surface area contributed by atoms with Crippen LogP contribution in [0.5, 0.6) is 0 Å². The number of hydrogen-bond donors (Lipinski definition) is 0. The molecule has 0 atom stereocenters. The Balaban J connectivity index is 4.48. The number of hydrogen-bond acceptors (Lipinski definition) is 1. The van der Waals surface area contributed by atoms with Gasteiger partial charge in [0, 0.05) is 0 Å². The van der Waals surface area contributed by atoms with Crippen LogP contribution in [0, 0.1) is 0 Å². The number of rotatable bonds is 14. The zero-order valence-corrected chi connectivity index (χ0v) is 21.3. The molecule has 0 saturated carbocycles. The molecule has 0 N–H and O–H groups in total. The molecule has 0 unspecified atom stereocenters. The van der Waals surface area contributed by atoms with Crippen LogP contribution in [0.2, 0.25) is 17.7 Å². The van der Waals surface area contributed by atoms with Crippen LogP contribution >= 0.6 is 8.92 Å². The van der Waals surface area contributed by atoms with Gasteiger partial charge < -0.3 is 0 Å². The molecule has 0 spiro atoms. The third-order valence-corrected chi connectivity index (χ3v) is 39.4. The van der Waals surface area contributed by atoms with E-state index in [1.54, 1.807) is 0 Å². The fourth-order valence-corrected chi connectivity index (χ4v) is 45.0. The van der Waals surface area contributed by atoms with Crippen LogP contribution < -0.4 is 0 Å². The van der Waals surface area contributed by atoms with Crippen molar-refractivity contribution in [1.29, 1.82) is 0 Å². The molecule has 0 aromatic carbocycles. The zero-order chi connectivity index (χ0) is 15.3. The van der Waals surface area contributed by atoms with Crippen LogP contribution in [0.3, 0.4) is 0 Å². The second-order valence-corrected chi connectivity index (χ2v) is 30.7. The van der Waals surface area contributed by atoms with E-state index in [1.807, 2.05) is 0 Å². The Morgan fingerprint density at radius 2 is 1.15 bits per heavy atom. The topological polar surface area (TPSA) is 9.23 Å². The summed E-state index contributed by atoms with van der Waals surface area (Å²) in [6.07, 6.45) is 10.5. The van der Waals surface area contributed by atoms with E-state index in [-0.39, 0.29) is 0 Å². The summed E-state index contributed by atoms with van der Waals surface area (Å²) in [5, 5.41) is 0. The maximum absolute atomic E-state index is 7.09. The molecule has 0 aliphatic carbocycles. The van der Waals surface area contributed by atoms with Crippen molar-refractivity contribution >= 4 is 46.8 Å². The van der Waals surface area contributed by atoms with E-state index in [2.05, 4.69) is 27.7 Å². The van der Waals surface area contributed by atoms with Gasteiger partial charge in [-0.25, -0.2) is 0 Å². The van der Waals surface area contributed by atoms with Gasteiger partial charge in [-0.3, -0.25) is 0 Å². The molecule has 0 aliphatic rings. The van der Waals surface area contributed by atoms with Crippen LogP contribution in [0.25, 0.3) is 0 Å². The second-order valence-electron chi connectivity index (χ2n) is 6.11. The minimum atomic E-state index is -2.70. The number of unbranched alkanes of at least 4 members (excludes halogenated alkanes) is 4. The van der Waals surface area contributed by atoms with Crippen molar-refractivity contribution in [3.8, 4) is 0 Å². The van der Waals surface area contributed by atoms with E-state index in [0.717, 1.165) is 0 Å². The zero-order valence-electron chi connectivity index (χ0n) is 14.3. The molecule has 4 heteroatoms. The normalized spacial score (nSPS) is 12.3. The van der Waals surface area contributed by atoms with Crippen molar-refractivity contribution in [2.24, 2.45) is 0 Å². The van der Waals surface area contributed by atoms with Crippen LogP contribution in [-0.4, -0.2) is 37.8 Å². The van der Waals surface area contributed by atoms with Gasteiger partial charge in [0.05, 0.1) is 0 Å². The summed E-state index contributed by atoms with van der Waals surface area (Å²) in [5.74, 6) is 0. The van der Waals surface area contributed by atoms with Gasteiger partial charge in [0.25, 0.3) is 0 Å². The fraction of sp³-hybridized carbons (Fsp3) is 1.00. The monoisotopic (exact) mass is 520 g/mol. The molecule has 0 aromatic rings. The van der Waals surface area contributed by atoms with Crippen LogP contribution in [0.1, 0.15) is 79.1 Å². The molecular weight excluding hydrogens is 481 g/mol. The maximum atomic E-state index is 7.09. The van der Waals surface area contributed by atoms with Crippen LogP contribution in [0.4, 0.5) is 0 Å². The Hall–Kier alpha value is 1.85. The van der Waals surface area contributed by atoms with E-state index in [9.17, 15) is 0 Å². The Bertz CT molecular complexity index is 199. The van der Waals surface area contributed by atoms with Crippen molar-refractivity contribution in [1.82, 2.24) is 0 Å². The molecule has 0 radical (unpaired) electrons. The van der Waals surface area contributed by atoms with Gasteiger partial charge >= 0.3 is 145 Å². The van der Waals surface area contributed by atoms with E-state index in [4.69, 9.17) is 10.3 Å². The Labute approximate surface area is 144 Å². The van der Waals surface area contributed by atoms with E-state index in [0.29, 0.717) is 0 Å². The van der Waals surface area contributed by atoms with Crippen LogP contribution in [0.15, 0.2) is 0 Å². The summed E-state index contributed by atoms with van der Waals surface area (Å²) in [6.45, 7) is 9.15. The summed E-state index contributed by atoms with van der Waals surface area (Å²) in [7, 11) is 7.09. The van der Waals surface area contributed by atoms with Crippen molar-refractivity contribution in [2.75, 3.05) is 0 Å². The first-order chi connectivity index (χ1) is 9.61. The molecular formula is C16H37ClOSn2. The van der Waals surface area contributed by atoms with E-state index in [1.165, 1.54) is 69.1 Å². The van der Waals surface area contributed by atoms with Crippen molar-refractivity contribution < 1.29 is 1.41 Å². The summed E-state index contributed by atoms with van der Waals surface area (Å²) in [6, 6.07) is 0. The number of halogens is 1. The summed E-state index contributed by atoms with van der Waals surface area (Å²) < 4.78 is 12.2. The van der Waals surface area contributed by atoms with Crippen molar-refractivity contribution in [3.05, 3.63) is 0 Å². The predicted octanol–water partition coefficient (Wildman–Crippen LogP) is 6.61. The summed E-state index contributed by atoms with van der Waals surface area (Å²) in [4.78, 5) is 0. The molecule has 1 nitrogen and oxygen atoms in total. The molecule has 0 fully saturated rings. The Morgan fingerprint density at radius 1 is 0.750 bits per heavy atom. The van der Waals surface area contributed by atoms with E-state index < -0.39 is 37.8 Å². The predicted molar refractivity (Wildman–Crippen MR) is 98.7 cm³/mol. The minimum absolute atomic E-state index is 1.26. The molecule has 0 amide bonds. The van der Waals surface area contributed by atoms with Crippen molar-refractivity contribution in [2.45, 2.75) is 96.8 Å². The quantitative estimate of drug-likeness (QED) is 0.235. The van der Waals surface area contributed by atoms with Crippen molar-refractivity contribution in [3.63, 3.8) is 0 Å². The third kappa shape index (κ3) is 11.4. The molecule has 20 heavy (non-hydrogen) atoms. The van der Waals surface area contributed by atoms with Gasteiger partial charge in [0.15, 0.2) is 0 Å². The van der Waals surface area contributed by atoms with E-state index >= 15 is 0 Å². The molecule has 122 valence electrons. The standard InChI is InChI=1S/4C4H9.ClH.O.2Sn.H/c4*1-3-4-2;;;;;/h4*1,3-4H2,2H3;1H;;;;/q;;;;;;;+1;/p-1. The van der Waals surface area contributed by atoms with Gasteiger partial charge in [0.1, 0.15) is 0 Å². The SMILES string of the molecule is CCC[CH2][SnH]([CH2]CCC)[O][Sn]([Cl])([CH2]CCC)[CH2]CCC. The molecule has 0 aliphatic heterocycles. The van der Waals surface area contributed by atoms with Gasteiger partial charge in [-0.1, -0.05) is 0 Å². The molecule has 0 saturated heterocycles. The second kappa shape index (κ2) is 14.4. The molecule has 0 aromatic heterocycles. The summed E-state index contributed by atoms with van der Waals surface area (Å²) in [5.41, 5.74) is 0. The van der Waals surface area contributed by atoms with Gasteiger partial charge in [-0.05, 0) is 0 Å². The molecule has 0 heterocycles. The average Bonchev–Trinajstić information content (AvgIpc) is 2.46. The molecule has 0 bridgehead atoms.